The summed E-state index contributed by atoms with van der Waals surface area (Å²) in [6, 6.07) is 0. The van der Waals surface area contributed by atoms with Crippen molar-refractivity contribution in [2.45, 2.75) is 141 Å². The molecule has 0 amide bonds. The van der Waals surface area contributed by atoms with Gasteiger partial charge in [0.2, 0.25) is 0 Å². The van der Waals surface area contributed by atoms with E-state index >= 15 is 0 Å². The van der Waals surface area contributed by atoms with E-state index in [-0.39, 0.29) is 0 Å². The van der Waals surface area contributed by atoms with Crippen molar-refractivity contribution in [1.29, 1.82) is 0 Å². The van der Waals surface area contributed by atoms with Crippen molar-refractivity contribution in [3.8, 4) is 0 Å². The van der Waals surface area contributed by atoms with E-state index in [1.165, 1.54) is 0 Å². The Hall–Kier alpha value is -0.960. The Morgan fingerprint density at radius 3 is 1.27 bits per heavy atom. The molecule has 0 unspecified atom stereocenters. The fourth-order valence-electron chi connectivity index (χ4n) is 6.41. The van der Waals surface area contributed by atoms with Crippen molar-refractivity contribution < 1.29 is 119 Å². The third-order valence-electron chi connectivity index (χ3n) is 9.54. The van der Waals surface area contributed by atoms with Gasteiger partial charge in [0.1, 0.15) is 110 Å². The monoisotopic (exact) mass is 768 g/mol. The van der Waals surface area contributed by atoms with Crippen LogP contribution in [0.3, 0.4) is 0 Å². The molecular weight excluding hydrogens is 720 g/mol. The molecule has 0 radical (unpaired) electrons. The number of ether oxygens (including phenoxy) is 9. The van der Waals surface area contributed by atoms with Gasteiger partial charge in [0.15, 0.2) is 31.5 Å². The van der Waals surface area contributed by atoms with Gasteiger partial charge in [0.05, 0.1) is 33.0 Å². The van der Waals surface area contributed by atoms with Crippen molar-refractivity contribution in [1.82, 2.24) is 0 Å². The normalized spacial score (nSPS) is 53.5. The molecule has 52 heavy (non-hydrogen) atoms. The largest absolute Gasteiger partial charge is 0.394 e. The third kappa shape index (κ3) is 8.55. The lowest BCUT2D eigenvalue weighted by Crippen LogP contribution is -2.68. The lowest BCUT2D eigenvalue weighted by Gasteiger charge is -2.50. The summed E-state index contributed by atoms with van der Waals surface area (Å²) in [5.41, 5.74) is 0. The minimum Gasteiger partial charge on any atom is -0.394 e. The summed E-state index contributed by atoms with van der Waals surface area (Å²) in [6.45, 7) is -3.88. The molecule has 23 atom stereocenters. The van der Waals surface area contributed by atoms with E-state index in [1.54, 1.807) is 0 Å². The average molecular weight is 769 g/mol. The molecule has 5 aliphatic rings. The van der Waals surface area contributed by atoms with E-state index < -0.39 is 174 Å². The predicted octanol–water partition coefficient (Wildman–Crippen LogP) is -10.6. The van der Waals surface area contributed by atoms with Crippen LogP contribution in [0.15, 0.2) is 0 Å². The van der Waals surface area contributed by atoms with Crippen molar-refractivity contribution in [3.63, 3.8) is 0 Å². The van der Waals surface area contributed by atoms with Crippen LogP contribution in [-0.4, -0.2) is 251 Å². The molecule has 0 spiro atoms. The van der Waals surface area contributed by atoms with Crippen molar-refractivity contribution in [3.05, 3.63) is 0 Å². The van der Waals surface area contributed by atoms with Crippen LogP contribution >= 0.6 is 0 Å². The summed E-state index contributed by atoms with van der Waals surface area (Å²) in [5.74, 6) is 0. The first-order valence-corrected chi connectivity index (χ1v) is 16.4. The molecule has 0 saturated carbocycles. The van der Waals surface area contributed by atoms with Gasteiger partial charge in [-0.25, -0.2) is 0 Å². The molecule has 5 rings (SSSR count). The summed E-state index contributed by atoms with van der Waals surface area (Å²) in [6.07, 6.45) is -42.4. The van der Waals surface area contributed by atoms with Gasteiger partial charge in [-0.15, -0.1) is 0 Å². The van der Waals surface area contributed by atoms with Crippen LogP contribution < -0.4 is 0 Å². The molecule has 24 nitrogen and oxygen atoms in total. The Morgan fingerprint density at radius 2 is 0.750 bits per heavy atom. The van der Waals surface area contributed by atoms with Gasteiger partial charge in [-0.1, -0.05) is 0 Å². The molecule has 5 heterocycles. The van der Waals surface area contributed by atoms with Gasteiger partial charge in [-0.05, 0) is 0 Å². The topological polar surface area (TPSA) is 387 Å². The molecule has 0 aromatic carbocycles. The molecule has 24 heteroatoms. The third-order valence-corrected chi connectivity index (χ3v) is 9.54. The zero-order chi connectivity index (χ0) is 38.2. The minimum absolute atomic E-state index is 0.558. The quantitative estimate of drug-likeness (QED) is 0.0927. The second-order valence-electron chi connectivity index (χ2n) is 13.1. The highest BCUT2D eigenvalue weighted by Gasteiger charge is 2.57. The summed E-state index contributed by atoms with van der Waals surface area (Å²) in [5, 5.41) is 156. The summed E-state index contributed by atoms with van der Waals surface area (Å²) in [7, 11) is 0. The average Bonchev–Trinajstić information content (AvgIpc) is 3.13. The Kier molecular flexibility index (Phi) is 14.5. The van der Waals surface area contributed by atoms with Gasteiger partial charge >= 0.3 is 0 Å². The smallest absolute Gasteiger partial charge is 0.187 e. The summed E-state index contributed by atoms with van der Waals surface area (Å²) in [4.78, 5) is 0. The van der Waals surface area contributed by atoms with Gasteiger partial charge < -0.3 is 119 Å². The lowest BCUT2D eigenvalue weighted by molar-refractivity contribution is -0.408. The SMILES string of the molecule is OC[C@H]1O[C@@H](O[C@@H]2[C@@H](O[C@@H]3O[C@H](CO)[C@@H](O)[C@H](O[C@@H]4OC[C@@H](O)[C@H](O)[C@H]4O)[C@H]3O[C@@H]3OC[C@@H](O)[C@H](O)[C@H]3O)[C@H](O)[C@@H](CO)O[C@H]2O)[C@H](O)[C@@H](O)[C@H]1O. The minimum atomic E-state index is -2.12. The summed E-state index contributed by atoms with van der Waals surface area (Å²) < 4.78 is 50.3. The second-order valence-corrected chi connectivity index (χ2v) is 13.1. The Labute approximate surface area is 293 Å². The van der Waals surface area contributed by atoms with Crippen LogP contribution in [0, 0.1) is 0 Å². The van der Waals surface area contributed by atoms with Crippen molar-refractivity contribution in [2.75, 3.05) is 33.0 Å². The van der Waals surface area contributed by atoms with E-state index in [0.29, 0.717) is 0 Å². The number of aliphatic hydroxyl groups excluding tert-OH is 15. The highest BCUT2D eigenvalue weighted by Crippen LogP contribution is 2.36. The van der Waals surface area contributed by atoms with Crippen LogP contribution in [0.25, 0.3) is 0 Å². The van der Waals surface area contributed by atoms with E-state index in [2.05, 4.69) is 0 Å². The van der Waals surface area contributed by atoms with Crippen LogP contribution in [0.4, 0.5) is 0 Å². The van der Waals surface area contributed by atoms with Crippen LogP contribution in [0.2, 0.25) is 0 Å². The molecule has 0 bridgehead atoms. The van der Waals surface area contributed by atoms with Gasteiger partial charge in [-0.2, -0.15) is 0 Å². The van der Waals surface area contributed by atoms with Gasteiger partial charge in [-0.3, -0.25) is 0 Å². The first kappa shape index (κ1) is 42.2. The molecule has 0 aliphatic carbocycles. The molecule has 5 aliphatic heterocycles. The number of hydrogen-bond donors (Lipinski definition) is 15. The number of aliphatic hydroxyl groups is 15. The predicted molar refractivity (Wildman–Crippen MR) is 155 cm³/mol. The van der Waals surface area contributed by atoms with Crippen molar-refractivity contribution in [2.24, 2.45) is 0 Å². The maximum Gasteiger partial charge on any atom is 0.187 e. The highest BCUT2D eigenvalue weighted by atomic mass is 16.8. The maximum absolute atomic E-state index is 11.2. The zero-order valence-electron chi connectivity index (χ0n) is 27.2. The zero-order valence-corrected chi connectivity index (χ0v) is 27.2. The fourth-order valence-corrected chi connectivity index (χ4v) is 6.41. The van der Waals surface area contributed by atoms with Crippen LogP contribution in [-0.2, 0) is 42.6 Å². The molecule has 0 aromatic rings. The molecule has 5 fully saturated rings. The molecule has 304 valence electrons. The Bertz CT molecular complexity index is 1110. The lowest BCUT2D eigenvalue weighted by atomic mass is 9.95. The summed E-state index contributed by atoms with van der Waals surface area (Å²) >= 11 is 0. The van der Waals surface area contributed by atoms with Gasteiger partial charge in [0, 0.05) is 0 Å². The number of rotatable bonds is 11. The highest BCUT2D eigenvalue weighted by molar-refractivity contribution is 4.98. The van der Waals surface area contributed by atoms with Crippen LogP contribution in [0.5, 0.6) is 0 Å². The fraction of sp³-hybridized carbons (Fsp3) is 1.00. The van der Waals surface area contributed by atoms with Crippen LogP contribution in [0.1, 0.15) is 0 Å². The van der Waals surface area contributed by atoms with E-state index in [4.69, 9.17) is 42.6 Å². The van der Waals surface area contributed by atoms with Crippen molar-refractivity contribution >= 4 is 0 Å². The molecule has 0 aromatic heterocycles. The van der Waals surface area contributed by atoms with E-state index in [1.807, 2.05) is 0 Å². The molecule has 15 N–H and O–H groups in total. The van der Waals surface area contributed by atoms with Gasteiger partial charge in [0.25, 0.3) is 0 Å². The maximum atomic E-state index is 11.2. The standard InChI is InChI=1S/C28H48O24/c29-1-8-13(36)16(39)19(42)27(47-8)51-22-20(14(37)9(2-30)46-24(22)43)50-28-23(52-26-18(41)12(35)7(33)5-45-26)21(15(38)10(3-31)48-28)49-25-17(40)11(34)6(32)4-44-25/h6-43H,1-5H2/t6-,7-,8-,9-,10-,11+,12+,13+,14-,15-,16+,17-,18-,19-,20+,21+,22-,23-,24-,25+,26+,27+,28+/m1/s1. The van der Waals surface area contributed by atoms with E-state index in [0.717, 1.165) is 0 Å². The Balaban J connectivity index is 1.48. The second kappa shape index (κ2) is 17.9. The van der Waals surface area contributed by atoms with E-state index in [9.17, 15) is 76.6 Å². The first-order chi connectivity index (χ1) is 24.6. The first-order valence-electron chi connectivity index (χ1n) is 16.4. The Morgan fingerprint density at radius 1 is 0.365 bits per heavy atom. The molecule has 5 saturated heterocycles. The molecular formula is C28H48O24. The number of hydrogen-bond acceptors (Lipinski definition) is 24.